The van der Waals surface area contributed by atoms with Crippen LogP contribution in [0.3, 0.4) is 0 Å². The molecule has 4 N–H and O–H groups in total. The maximum atomic E-state index is 14.4. The van der Waals surface area contributed by atoms with Crippen molar-refractivity contribution in [3.63, 3.8) is 0 Å². The van der Waals surface area contributed by atoms with E-state index in [4.69, 9.17) is 11.8 Å². The average Bonchev–Trinajstić information content (AvgIpc) is 3.11. The summed E-state index contributed by atoms with van der Waals surface area (Å²) < 4.78 is 85.7. The molecule has 0 saturated carbocycles. The SMILES string of the molecule is COC(=O)NC1CCSc2c(C(=O)Nc3ccc(F)c(F)c3)ccc(F)c21.O=C(Nc1ccc(F)c(F)c1)c1ccc(F)c2c1SCCC2NCl. The van der Waals surface area contributed by atoms with Crippen LogP contribution in [-0.2, 0) is 4.74 Å². The lowest BCUT2D eigenvalue weighted by Gasteiger charge is -2.27. The fourth-order valence-electron chi connectivity index (χ4n) is 5.31. The zero-order valence-electron chi connectivity index (χ0n) is 26.4. The van der Waals surface area contributed by atoms with E-state index in [1.807, 2.05) is 0 Å². The number of fused-ring (bicyclic) bond motifs is 2. The van der Waals surface area contributed by atoms with Crippen LogP contribution in [0.2, 0.25) is 0 Å². The first-order chi connectivity index (χ1) is 24.4. The van der Waals surface area contributed by atoms with E-state index >= 15 is 0 Å². The molecule has 0 bridgehead atoms. The first kappa shape index (κ1) is 37.9. The Morgan fingerprint density at radius 1 is 0.647 bits per heavy atom. The molecule has 2 aliphatic heterocycles. The Labute approximate surface area is 301 Å². The molecule has 2 aliphatic rings. The molecule has 2 heterocycles. The number of anilines is 2. The maximum Gasteiger partial charge on any atom is 0.407 e. The lowest BCUT2D eigenvalue weighted by molar-refractivity contribution is 0.101. The van der Waals surface area contributed by atoms with Gasteiger partial charge in [0, 0.05) is 50.2 Å². The van der Waals surface area contributed by atoms with Gasteiger partial charge in [0.1, 0.15) is 11.6 Å². The van der Waals surface area contributed by atoms with Gasteiger partial charge in [-0.2, -0.15) is 0 Å². The Balaban J connectivity index is 0.000000199. The number of ether oxygens (including phenoxy) is 1. The molecule has 4 aromatic rings. The van der Waals surface area contributed by atoms with Crippen LogP contribution < -0.4 is 20.8 Å². The monoisotopic (exact) mass is 768 g/mol. The number of thioether (sulfide) groups is 2. The Morgan fingerprint density at radius 2 is 1.08 bits per heavy atom. The quantitative estimate of drug-likeness (QED) is 0.115. The van der Waals surface area contributed by atoms with E-state index in [1.54, 1.807) is 0 Å². The maximum absolute atomic E-state index is 14.4. The highest BCUT2D eigenvalue weighted by molar-refractivity contribution is 7.99. The molecule has 0 radical (unpaired) electrons. The van der Waals surface area contributed by atoms with E-state index in [-0.39, 0.29) is 34.1 Å². The Bertz CT molecular complexity index is 1990. The summed E-state index contributed by atoms with van der Waals surface area (Å²) >= 11 is 8.32. The molecule has 8 nitrogen and oxygen atoms in total. The second kappa shape index (κ2) is 16.8. The van der Waals surface area contributed by atoms with Gasteiger partial charge in [0.25, 0.3) is 11.8 Å². The lowest BCUT2D eigenvalue weighted by atomic mass is 9.99. The molecule has 0 fully saturated rings. The normalized spacial score (nSPS) is 16.1. The van der Waals surface area contributed by atoms with Gasteiger partial charge in [-0.25, -0.2) is 36.0 Å². The fourth-order valence-corrected chi connectivity index (χ4v) is 8.07. The third kappa shape index (κ3) is 8.75. The summed E-state index contributed by atoms with van der Waals surface area (Å²) in [6.45, 7) is 0. The summed E-state index contributed by atoms with van der Waals surface area (Å²) in [7, 11) is 1.20. The second-order valence-electron chi connectivity index (χ2n) is 11.0. The average molecular weight is 769 g/mol. The highest BCUT2D eigenvalue weighted by Crippen LogP contribution is 2.41. The van der Waals surface area contributed by atoms with Crippen molar-refractivity contribution in [1.82, 2.24) is 10.2 Å². The highest BCUT2D eigenvalue weighted by atomic mass is 35.5. The van der Waals surface area contributed by atoms with Gasteiger partial charge in [-0.1, -0.05) is 0 Å². The van der Waals surface area contributed by atoms with Gasteiger partial charge in [0.2, 0.25) is 0 Å². The van der Waals surface area contributed by atoms with Crippen molar-refractivity contribution in [2.75, 3.05) is 29.2 Å². The third-order valence-electron chi connectivity index (χ3n) is 7.74. The molecule has 51 heavy (non-hydrogen) atoms. The van der Waals surface area contributed by atoms with Crippen LogP contribution in [0, 0.1) is 34.9 Å². The number of benzene rings is 4. The first-order valence-electron chi connectivity index (χ1n) is 15.1. The molecule has 4 aromatic carbocycles. The smallest absolute Gasteiger partial charge is 0.407 e. The zero-order valence-corrected chi connectivity index (χ0v) is 28.7. The van der Waals surface area contributed by atoms with Crippen molar-refractivity contribution in [1.29, 1.82) is 0 Å². The fraction of sp³-hybridized carbons (Fsp3) is 0.206. The van der Waals surface area contributed by atoms with Crippen molar-refractivity contribution >= 4 is 64.6 Å². The standard InChI is InChI=1S/C18H15F3N2O3S.C16H12ClF3N2OS/c1-26-18(25)23-14-6-7-27-16-10(3-5-12(20)15(14)16)17(24)22-9-2-4-11(19)13(21)8-9;17-22-13-5-6-24-15-9(2-4-11(19)14(13)15)16(23)21-8-1-3-10(18)12(20)7-8/h2-5,8,14H,6-7H2,1H3,(H,22,24)(H,23,25);1-4,7,13,22H,5-6H2,(H,21,23). The molecule has 0 spiro atoms. The van der Waals surface area contributed by atoms with Crippen LogP contribution in [0.4, 0.5) is 42.5 Å². The molecule has 268 valence electrons. The van der Waals surface area contributed by atoms with E-state index < -0.39 is 58.9 Å². The Kier molecular flexibility index (Phi) is 12.4. The van der Waals surface area contributed by atoms with Crippen LogP contribution in [0.1, 0.15) is 56.8 Å². The van der Waals surface area contributed by atoms with Crippen molar-refractivity contribution in [3.8, 4) is 0 Å². The van der Waals surface area contributed by atoms with Gasteiger partial charge in [0.15, 0.2) is 23.3 Å². The number of hydrogen-bond acceptors (Lipinski definition) is 7. The summed E-state index contributed by atoms with van der Waals surface area (Å²) in [4.78, 5) is 40.0. The van der Waals surface area contributed by atoms with Crippen molar-refractivity contribution in [3.05, 3.63) is 118 Å². The summed E-state index contributed by atoms with van der Waals surface area (Å²) in [6.07, 6.45) is 0.401. The number of rotatable bonds is 6. The van der Waals surface area contributed by atoms with Crippen molar-refractivity contribution in [2.24, 2.45) is 0 Å². The molecule has 2 atom stereocenters. The summed E-state index contributed by atoms with van der Waals surface area (Å²) in [6, 6.07) is 10.0. The molecule has 0 aromatic heterocycles. The van der Waals surface area contributed by atoms with Gasteiger partial charge in [-0.15, -0.1) is 23.5 Å². The number of methoxy groups -OCH3 is 1. The minimum absolute atomic E-state index is 0.0713. The first-order valence-corrected chi connectivity index (χ1v) is 17.4. The van der Waals surface area contributed by atoms with Crippen molar-refractivity contribution in [2.45, 2.75) is 34.7 Å². The molecule has 0 saturated heterocycles. The summed E-state index contributed by atoms with van der Waals surface area (Å²) in [5, 5.41) is 7.52. The van der Waals surface area contributed by atoms with E-state index in [0.29, 0.717) is 39.7 Å². The third-order valence-corrected chi connectivity index (χ3v) is 10.3. The molecule has 2 unspecified atom stereocenters. The molecule has 3 amide bonds. The number of alkyl carbamates (subject to hydrolysis) is 1. The van der Waals surface area contributed by atoms with Crippen LogP contribution in [0.25, 0.3) is 0 Å². The van der Waals surface area contributed by atoms with Crippen LogP contribution in [0.5, 0.6) is 0 Å². The van der Waals surface area contributed by atoms with E-state index in [1.165, 1.54) is 61.0 Å². The number of hydrogen-bond donors (Lipinski definition) is 4. The summed E-state index contributed by atoms with van der Waals surface area (Å²) in [5.41, 5.74) is 1.18. The number of halogens is 7. The minimum atomic E-state index is -1.09. The number of amides is 3. The topological polar surface area (TPSA) is 109 Å². The van der Waals surface area contributed by atoms with Gasteiger partial charge in [0.05, 0.1) is 30.3 Å². The number of nitrogens with one attached hydrogen (secondary N) is 4. The van der Waals surface area contributed by atoms with Gasteiger partial charge in [-0.3, -0.25) is 9.59 Å². The Hall–Kier alpha value is -4.38. The second-order valence-corrected chi connectivity index (χ2v) is 13.4. The van der Waals surface area contributed by atoms with E-state index in [2.05, 4.69) is 25.5 Å². The summed E-state index contributed by atoms with van der Waals surface area (Å²) in [5.74, 6) is -5.08. The van der Waals surface area contributed by atoms with Gasteiger partial charge < -0.3 is 20.7 Å². The largest absolute Gasteiger partial charge is 0.453 e. The predicted molar refractivity (Wildman–Crippen MR) is 182 cm³/mol. The molecule has 0 aliphatic carbocycles. The van der Waals surface area contributed by atoms with E-state index in [0.717, 1.165) is 30.3 Å². The number of carbonyl (C=O) groups is 3. The van der Waals surface area contributed by atoms with Gasteiger partial charge >= 0.3 is 6.09 Å². The van der Waals surface area contributed by atoms with Crippen LogP contribution in [0.15, 0.2) is 70.5 Å². The number of carbonyl (C=O) groups excluding carboxylic acids is 3. The zero-order chi connectivity index (χ0) is 36.8. The molecular weight excluding hydrogens is 742 g/mol. The van der Waals surface area contributed by atoms with Crippen LogP contribution >= 0.6 is 35.3 Å². The molecule has 6 rings (SSSR count). The lowest BCUT2D eigenvalue weighted by Crippen LogP contribution is -2.32. The van der Waals surface area contributed by atoms with Crippen LogP contribution in [-0.4, -0.2) is 36.5 Å². The minimum Gasteiger partial charge on any atom is -0.453 e. The van der Waals surface area contributed by atoms with Crippen molar-refractivity contribution < 1.29 is 45.5 Å². The Morgan fingerprint density at radius 3 is 1.51 bits per heavy atom. The van der Waals surface area contributed by atoms with E-state index in [9.17, 15) is 40.7 Å². The molecule has 17 heteroatoms. The van der Waals surface area contributed by atoms with Gasteiger partial charge in [-0.05, 0) is 78.9 Å². The predicted octanol–water partition coefficient (Wildman–Crippen LogP) is 8.89. The molecular formula is C34H27ClF6N4O4S2. The highest BCUT2D eigenvalue weighted by Gasteiger charge is 2.30.